The summed E-state index contributed by atoms with van der Waals surface area (Å²) in [6.45, 7) is 0. The highest BCUT2D eigenvalue weighted by atomic mass is 79.9. The molecule has 0 amide bonds. The Kier molecular flexibility index (Phi) is 4.55. The van der Waals surface area contributed by atoms with E-state index in [0.717, 1.165) is 43.1 Å². The average Bonchev–Trinajstić information content (AvgIpc) is 3.21. The predicted molar refractivity (Wildman–Crippen MR) is 131 cm³/mol. The molecule has 152 valence electrons. The van der Waals surface area contributed by atoms with Crippen LogP contribution in [0.25, 0.3) is 56.1 Å². The van der Waals surface area contributed by atoms with E-state index in [1.165, 1.54) is 0 Å². The number of furan rings is 1. The van der Waals surface area contributed by atoms with E-state index < -0.39 is 0 Å². The fourth-order valence-electron chi connectivity index (χ4n) is 3.83. The van der Waals surface area contributed by atoms with Gasteiger partial charge in [0.1, 0.15) is 11.2 Å². The first-order valence-corrected chi connectivity index (χ1v) is 11.0. The van der Waals surface area contributed by atoms with Gasteiger partial charge in [0.05, 0.1) is 0 Å². The van der Waals surface area contributed by atoms with Crippen molar-refractivity contribution in [1.82, 2.24) is 15.0 Å². The molecule has 0 bridgehead atoms. The zero-order valence-corrected chi connectivity index (χ0v) is 18.5. The summed E-state index contributed by atoms with van der Waals surface area (Å²) in [7, 11) is 0. The molecule has 0 aliphatic heterocycles. The molecule has 0 spiro atoms. The van der Waals surface area contributed by atoms with Gasteiger partial charge in [0.15, 0.2) is 17.5 Å². The molecule has 0 atom stereocenters. The molecule has 2 aromatic heterocycles. The van der Waals surface area contributed by atoms with Crippen LogP contribution in [0.2, 0.25) is 0 Å². The lowest BCUT2D eigenvalue weighted by Crippen LogP contribution is -2.00. The summed E-state index contributed by atoms with van der Waals surface area (Å²) in [5, 5.41) is 2.15. The van der Waals surface area contributed by atoms with Crippen LogP contribution in [0.1, 0.15) is 0 Å². The number of rotatable bonds is 3. The molecule has 0 unspecified atom stereocenters. The molecule has 4 aromatic carbocycles. The third kappa shape index (κ3) is 3.37. The molecule has 6 aromatic rings. The molecule has 0 radical (unpaired) electrons. The van der Waals surface area contributed by atoms with Gasteiger partial charge in [0.2, 0.25) is 0 Å². The molecule has 0 fully saturated rings. The van der Waals surface area contributed by atoms with E-state index in [0.29, 0.717) is 17.5 Å². The number of fused-ring (bicyclic) bond motifs is 3. The summed E-state index contributed by atoms with van der Waals surface area (Å²) in [5.74, 6) is 1.90. The largest absolute Gasteiger partial charge is 0.456 e. The molecule has 5 heteroatoms. The van der Waals surface area contributed by atoms with Crippen molar-refractivity contribution >= 4 is 37.9 Å². The van der Waals surface area contributed by atoms with E-state index in [9.17, 15) is 0 Å². The van der Waals surface area contributed by atoms with Crippen molar-refractivity contribution < 1.29 is 4.42 Å². The molecular weight excluding hydrogens is 462 g/mol. The maximum absolute atomic E-state index is 6.12. The van der Waals surface area contributed by atoms with Crippen molar-refractivity contribution in [3.63, 3.8) is 0 Å². The van der Waals surface area contributed by atoms with Crippen LogP contribution >= 0.6 is 15.9 Å². The summed E-state index contributed by atoms with van der Waals surface area (Å²) in [6.07, 6.45) is 0. The first-order chi connectivity index (χ1) is 15.7. The number of halogens is 1. The van der Waals surface area contributed by atoms with E-state index in [2.05, 4.69) is 28.1 Å². The minimum atomic E-state index is 0.612. The fraction of sp³-hybridized carbons (Fsp3) is 0. The van der Waals surface area contributed by atoms with E-state index in [-0.39, 0.29) is 0 Å². The Hall–Kier alpha value is -3.83. The summed E-state index contributed by atoms with van der Waals surface area (Å²) in [5.41, 5.74) is 4.43. The Morgan fingerprint density at radius 3 is 1.59 bits per heavy atom. The highest BCUT2D eigenvalue weighted by molar-refractivity contribution is 9.10. The Morgan fingerprint density at radius 2 is 1.00 bits per heavy atom. The van der Waals surface area contributed by atoms with Crippen LogP contribution in [-0.4, -0.2) is 15.0 Å². The van der Waals surface area contributed by atoms with E-state index in [1.807, 2.05) is 84.9 Å². The topological polar surface area (TPSA) is 51.8 Å². The maximum Gasteiger partial charge on any atom is 0.164 e. The van der Waals surface area contributed by atoms with Gasteiger partial charge in [-0.25, -0.2) is 15.0 Å². The Bertz CT molecular complexity index is 1520. The van der Waals surface area contributed by atoms with Crippen molar-refractivity contribution in [3.05, 3.63) is 102 Å². The van der Waals surface area contributed by atoms with E-state index in [1.54, 1.807) is 0 Å². The van der Waals surface area contributed by atoms with Crippen molar-refractivity contribution in [2.75, 3.05) is 0 Å². The van der Waals surface area contributed by atoms with Crippen molar-refractivity contribution in [1.29, 1.82) is 0 Å². The minimum absolute atomic E-state index is 0.612. The molecule has 32 heavy (non-hydrogen) atoms. The van der Waals surface area contributed by atoms with Crippen LogP contribution in [-0.2, 0) is 0 Å². The zero-order valence-electron chi connectivity index (χ0n) is 16.9. The predicted octanol–water partition coefficient (Wildman–Crippen LogP) is 7.53. The number of aromatic nitrogens is 3. The number of hydrogen-bond donors (Lipinski definition) is 0. The smallest absolute Gasteiger partial charge is 0.164 e. The molecule has 0 saturated carbocycles. The van der Waals surface area contributed by atoms with Crippen LogP contribution in [0.4, 0.5) is 0 Å². The van der Waals surface area contributed by atoms with Gasteiger partial charge in [-0.3, -0.25) is 0 Å². The molecular formula is C27H16BrN3O. The average molecular weight is 478 g/mol. The lowest BCUT2D eigenvalue weighted by atomic mass is 10.1. The molecule has 0 aliphatic carbocycles. The first kappa shape index (κ1) is 18.9. The molecule has 0 N–H and O–H groups in total. The van der Waals surface area contributed by atoms with Gasteiger partial charge in [-0.05, 0) is 30.3 Å². The molecule has 6 rings (SSSR count). The second kappa shape index (κ2) is 7.70. The second-order valence-corrected chi connectivity index (χ2v) is 8.41. The van der Waals surface area contributed by atoms with Crippen LogP contribution in [0, 0.1) is 0 Å². The van der Waals surface area contributed by atoms with Gasteiger partial charge >= 0.3 is 0 Å². The van der Waals surface area contributed by atoms with Crippen LogP contribution in [0.3, 0.4) is 0 Å². The minimum Gasteiger partial charge on any atom is -0.456 e. The number of nitrogens with zero attached hydrogens (tertiary/aromatic N) is 3. The zero-order chi connectivity index (χ0) is 21.5. The van der Waals surface area contributed by atoms with Gasteiger partial charge < -0.3 is 4.42 Å². The number of benzene rings is 4. The van der Waals surface area contributed by atoms with Gasteiger partial charge in [-0.2, -0.15) is 0 Å². The summed E-state index contributed by atoms with van der Waals surface area (Å²) in [6, 6.07) is 32.1. The van der Waals surface area contributed by atoms with Crippen LogP contribution in [0.5, 0.6) is 0 Å². The summed E-state index contributed by atoms with van der Waals surface area (Å²) < 4.78 is 7.11. The van der Waals surface area contributed by atoms with Crippen molar-refractivity contribution in [2.45, 2.75) is 0 Å². The normalized spacial score (nSPS) is 11.3. The van der Waals surface area contributed by atoms with E-state index >= 15 is 0 Å². The lowest BCUT2D eigenvalue weighted by Gasteiger charge is -2.08. The molecule has 2 heterocycles. The standard InChI is InChI=1S/C27H16BrN3O/c28-20-12-14-22-21-13-11-19(15-23(21)32-24(22)16-20)27-30-25(17-7-3-1-4-8-17)29-26(31-27)18-9-5-2-6-10-18/h1-16H. The van der Waals surface area contributed by atoms with Crippen molar-refractivity contribution in [3.8, 4) is 34.2 Å². The molecule has 0 aliphatic rings. The highest BCUT2D eigenvalue weighted by Crippen LogP contribution is 2.33. The van der Waals surface area contributed by atoms with Gasteiger partial charge in [-0.1, -0.05) is 82.7 Å². The Labute approximate surface area is 192 Å². The Morgan fingerprint density at radius 1 is 0.500 bits per heavy atom. The molecule has 4 nitrogen and oxygen atoms in total. The lowest BCUT2D eigenvalue weighted by molar-refractivity contribution is 0.669. The SMILES string of the molecule is Brc1ccc2c(c1)oc1cc(-c3nc(-c4ccccc4)nc(-c4ccccc4)n3)ccc12. The summed E-state index contributed by atoms with van der Waals surface area (Å²) >= 11 is 3.51. The van der Waals surface area contributed by atoms with Gasteiger partial charge in [0, 0.05) is 31.9 Å². The quantitative estimate of drug-likeness (QED) is 0.264. The Balaban J connectivity index is 1.55. The van der Waals surface area contributed by atoms with Crippen molar-refractivity contribution in [2.24, 2.45) is 0 Å². The summed E-state index contributed by atoms with van der Waals surface area (Å²) in [4.78, 5) is 14.4. The third-order valence-electron chi connectivity index (χ3n) is 5.39. The van der Waals surface area contributed by atoms with E-state index in [4.69, 9.17) is 19.4 Å². The maximum atomic E-state index is 6.12. The monoisotopic (exact) mass is 477 g/mol. The first-order valence-electron chi connectivity index (χ1n) is 10.2. The highest BCUT2D eigenvalue weighted by Gasteiger charge is 2.14. The second-order valence-electron chi connectivity index (χ2n) is 7.49. The van der Waals surface area contributed by atoms with Gasteiger partial charge in [-0.15, -0.1) is 0 Å². The molecule has 0 saturated heterocycles. The van der Waals surface area contributed by atoms with Gasteiger partial charge in [0.25, 0.3) is 0 Å². The third-order valence-corrected chi connectivity index (χ3v) is 5.89. The van der Waals surface area contributed by atoms with Crippen LogP contribution < -0.4 is 0 Å². The van der Waals surface area contributed by atoms with Crippen LogP contribution in [0.15, 0.2) is 106 Å². The number of hydrogen-bond acceptors (Lipinski definition) is 4. The fourth-order valence-corrected chi connectivity index (χ4v) is 4.17.